The molecular weight excluding hydrogens is 638 g/mol. The maximum atomic E-state index is 5.59. The molecule has 0 radical (unpaired) electrons. The van der Waals surface area contributed by atoms with E-state index in [0.29, 0.717) is 23.3 Å². The van der Waals surface area contributed by atoms with E-state index < -0.39 is 0 Å². The first-order valence-corrected chi connectivity index (χ1v) is 17.3. The zero-order valence-corrected chi connectivity index (χ0v) is 30.4. The third-order valence-electron chi connectivity index (χ3n) is 9.66. The Bertz CT molecular complexity index is 1930. The van der Waals surface area contributed by atoms with Crippen molar-refractivity contribution < 1.29 is 23.7 Å². The summed E-state index contributed by atoms with van der Waals surface area (Å²) in [5, 5.41) is 0. The number of rotatable bonds is 13. The predicted molar refractivity (Wildman–Crippen MR) is 204 cm³/mol. The van der Waals surface area contributed by atoms with Gasteiger partial charge in [-0.2, -0.15) is 0 Å². The van der Waals surface area contributed by atoms with Gasteiger partial charge in [-0.05, 0) is 127 Å². The maximum absolute atomic E-state index is 5.59. The van der Waals surface area contributed by atoms with Gasteiger partial charge in [-0.1, -0.05) is 12.1 Å². The van der Waals surface area contributed by atoms with Crippen LogP contribution in [0.1, 0.15) is 30.9 Å². The molecule has 6 rings (SSSR count). The summed E-state index contributed by atoms with van der Waals surface area (Å²) in [5.74, 6) is 3.48. The lowest BCUT2D eigenvalue weighted by Crippen LogP contribution is -2.45. The van der Waals surface area contributed by atoms with E-state index in [4.69, 9.17) is 23.7 Å². The fraction of sp³-hybridized carbons (Fsp3) is 0.302. The van der Waals surface area contributed by atoms with Crippen LogP contribution in [0.5, 0.6) is 28.7 Å². The van der Waals surface area contributed by atoms with Crippen molar-refractivity contribution in [2.24, 2.45) is 0 Å². The summed E-state index contributed by atoms with van der Waals surface area (Å²) in [4.78, 5) is 9.78. The fourth-order valence-electron chi connectivity index (χ4n) is 6.89. The normalized spacial score (nSPS) is 14.9. The van der Waals surface area contributed by atoms with Gasteiger partial charge in [0.05, 0.1) is 41.2 Å². The minimum absolute atomic E-state index is 0.373. The Hall–Kier alpha value is -5.43. The first-order chi connectivity index (χ1) is 24.9. The van der Waals surface area contributed by atoms with Crippen LogP contribution in [-0.4, -0.2) is 71.1 Å². The van der Waals surface area contributed by atoms with Crippen LogP contribution in [0.4, 0.5) is 5.69 Å². The van der Waals surface area contributed by atoms with Gasteiger partial charge in [-0.3, -0.25) is 9.88 Å². The maximum Gasteiger partial charge on any atom is 0.203 e. The molecule has 0 saturated carbocycles. The number of methoxy groups -OCH3 is 5. The molecule has 0 N–H and O–H groups in total. The number of pyridine rings is 1. The van der Waals surface area contributed by atoms with E-state index in [9.17, 15) is 0 Å². The third-order valence-corrected chi connectivity index (χ3v) is 9.66. The highest BCUT2D eigenvalue weighted by Gasteiger charge is 2.26. The van der Waals surface area contributed by atoms with Gasteiger partial charge < -0.3 is 28.6 Å². The molecule has 264 valence electrons. The Labute approximate surface area is 301 Å². The molecule has 4 aromatic rings. The summed E-state index contributed by atoms with van der Waals surface area (Å²) in [7, 11) is 8.28. The van der Waals surface area contributed by atoms with Crippen LogP contribution in [0, 0.1) is 0 Å². The number of benzene rings is 3. The molecule has 2 aliphatic rings. The van der Waals surface area contributed by atoms with Crippen molar-refractivity contribution in [1.29, 1.82) is 0 Å². The molecule has 1 aliphatic carbocycles. The van der Waals surface area contributed by atoms with Crippen molar-refractivity contribution in [1.82, 2.24) is 9.88 Å². The number of hydrogen-bond acceptors (Lipinski definition) is 8. The highest BCUT2D eigenvalue weighted by Crippen LogP contribution is 2.41. The highest BCUT2D eigenvalue weighted by atomic mass is 16.5. The lowest BCUT2D eigenvalue weighted by Gasteiger charge is -2.40. The number of likely N-dealkylation sites (tertiary alicyclic amines) is 1. The van der Waals surface area contributed by atoms with Crippen LogP contribution in [0.25, 0.3) is 16.8 Å². The zero-order valence-electron chi connectivity index (χ0n) is 30.4. The summed E-state index contributed by atoms with van der Waals surface area (Å²) in [6.45, 7) is 5.72. The SMILES string of the molecule is COc1ccc(N(CC2=CC=C=C(C)C(c3cccc(OC)c3)=C2)C2CCN(Cc3ccnc(-c4cc(OC)c(OC)c(OC)c4)c3)CC2)cc1. The first-order valence-electron chi connectivity index (χ1n) is 17.3. The molecule has 0 bridgehead atoms. The van der Waals surface area contributed by atoms with Crippen molar-refractivity contribution in [3.63, 3.8) is 0 Å². The number of allylic oxidation sites excluding steroid dienone is 3. The lowest BCUT2D eigenvalue weighted by atomic mass is 9.96. The van der Waals surface area contributed by atoms with Crippen LogP contribution in [0.15, 0.2) is 114 Å². The topological polar surface area (TPSA) is 65.5 Å². The number of nitrogens with zero attached hydrogens (tertiary/aromatic N) is 3. The van der Waals surface area contributed by atoms with Crippen molar-refractivity contribution in [2.45, 2.75) is 32.4 Å². The van der Waals surface area contributed by atoms with E-state index in [0.717, 1.165) is 78.5 Å². The average Bonchev–Trinajstić information content (AvgIpc) is 3.37. The largest absolute Gasteiger partial charge is 0.497 e. The van der Waals surface area contributed by atoms with Crippen LogP contribution in [-0.2, 0) is 6.54 Å². The molecule has 1 aliphatic heterocycles. The first kappa shape index (κ1) is 35.4. The molecule has 51 heavy (non-hydrogen) atoms. The van der Waals surface area contributed by atoms with Crippen molar-refractivity contribution in [2.75, 3.05) is 60.1 Å². The molecule has 8 heteroatoms. The van der Waals surface area contributed by atoms with Crippen molar-refractivity contribution >= 4 is 11.3 Å². The smallest absolute Gasteiger partial charge is 0.203 e. The van der Waals surface area contributed by atoms with Gasteiger partial charge in [0.2, 0.25) is 5.75 Å². The van der Waals surface area contributed by atoms with Gasteiger partial charge in [-0.15, -0.1) is 5.73 Å². The summed E-state index contributed by atoms with van der Waals surface area (Å²) in [6, 6.07) is 25.2. The molecule has 0 unspecified atom stereocenters. The van der Waals surface area contributed by atoms with Crippen molar-refractivity contribution in [3.05, 3.63) is 125 Å². The second kappa shape index (κ2) is 16.5. The number of piperidine rings is 1. The van der Waals surface area contributed by atoms with Gasteiger partial charge in [0.15, 0.2) is 11.5 Å². The van der Waals surface area contributed by atoms with Gasteiger partial charge in [0, 0.05) is 49.7 Å². The third kappa shape index (κ3) is 8.31. The van der Waals surface area contributed by atoms with E-state index in [2.05, 4.69) is 88.1 Å². The Morgan fingerprint density at radius 3 is 2.18 bits per heavy atom. The molecule has 2 heterocycles. The van der Waals surface area contributed by atoms with Crippen molar-refractivity contribution in [3.8, 4) is 40.0 Å². The second-order valence-electron chi connectivity index (χ2n) is 12.8. The summed E-state index contributed by atoms with van der Waals surface area (Å²) >= 11 is 0. The predicted octanol–water partition coefficient (Wildman–Crippen LogP) is 8.39. The zero-order chi connectivity index (χ0) is 35.7. The second-order valence-corrected chi connectivity index (χ2v) is 12.8. The molecule has 0 spiro atoms. The Kier molecular flexibility index (Phi) is 11.5. The Balaban J connectivity index is 1.19. The van der Waals surface area contributed by atoms with Gasteiger partial charge >= 0.3 is 0 Å². The number of anilines is 1. The van der Waals surface area contributed by atoms with E-state index >= 15 is 0 Å². The number of aromatic nitrogens is 1. The molecule has 0 atom stereocenters. The summed E-state index contributed by atoms with van der Waals surface area (Å²) in [6.07, 6.45) is 10.5. The molecular formula is C43H47N3O5. The molecule has 1 saturated heterocycles. The van der Waals surface area contributed by atoms with E-state index in [1.807, 2.05) is 36.5 Å². The Morgan fingerprint density at radius 2 is 1.51 bits per heavy atom. The highest BCUT2D eigenvalue weighted by molar-refractivity contribution is 5.81. The lowest BCUT2D eigenvalue weighted by molar-refractivity contribution is 0.202. The summed E-state index contributed by atoms with van der Waals surface area (Å²) in [5.41, 5.74) is 12.3. The van der Waals surface area contributed by atoms with E-state index in [1.54, 1.807) is 35.5 Å². The van der Waals surface area contributed by atoms with Gasteiger partial charge in [0.25, 0.3) is 0 Å². The molecule has 1 fully saturated rings. The van der Waals surface area contributed by atoms with Gasteiger partial charge in [0.1, 0.15) is 11.5 Å². The minimum Gasteiger partial charge on any atom is -0.497 e. The fourth-order valence-corrected chi connectivity index (χ4v) is 6.89. The molecule has 0 amide bonds. The van der Waals surface area contributed by atoms with Gasteiger partial charge in [-0.25, -0.2) is 0 Å². The Morgan fingerprint density at radius 1 is 0.784 bits per heavy atom. The van der Waals surface area contributed by atoms with Crippen LogP contribution in [0.2, 0.25) is 0 Å². The standard InChI is InChI=1S/C43H47N3O5/c1-30-9-7-10-31(23-39(30)33-11-8-12-38(25-33)48-3)29-46(35-13-15-37(47-2)16-14-35)36-18-21-45(22-19-36)28-32-17-20-44-40(24-32)34-26-41(49-4)43(51-6)42(27-34)50-5/h7-8,10-17,20,23-27,36H,18-19,21-22,28-29H2,1-6H3. The van der Waals surface area contributed by atoms with E-state index in [-0.39, 0.29) is 0 Å². The monoisotopic (exact) mass is 685 g/mol. The van der Waals surface area contributed by atoms with Crippen LogP contribution >= 0.6 is 0 Å². The molecule has 1 aromatic heterocycles. The molecule has 8 nitrogen and oxygen atoms in total. The number of ether oxygens (including phenoxy) is 5. The van der Waals surface area contributed by atoms with Crippen LogP contribution in [0.3, 0.4) is 0 Å². The molecule has 3 aromatic carbocycles. The number of hydrogen-bond donors (Lipinski definition) is 0. The summed E-state index contributed by atoms with van der Waals surface area (Å²) < 4.78 is 27.7. The average molecular weight is 686 g/mol. The van der Waals surface area contributed by atoms with E-state index in [1.165, 1.54) is 16.8 Å². The minimum atomic E-state index is 0.373. The van der Waals surface area contributed by atoms with Crippen LogP contribution < -0.4 is 28.6 Å². The quantitative estimate of drug-likeness (QED) is 0.130.